The lowest BCUT2D eigenvalue weighted by Crippen LogP contribution is -2.16. The van der Waals surface area contributed by atoms with Crippen LogP contribution in [0.1, 0.15) is 20.8 Å². The van der Waals surface area contributed by atoms with Crippen LogP contribution < -0.4 is 0 Å². The molecular weight excluding hydrogens is 142 g/mol. The average Bonchev–Trinajstić information content (AvgIpc) is 2.19. The summed E-state index contributed by atoms with van der Waals surface area (Å²) in [6.45, 7) is 6.32. The molecule has 0 fully saturated rings. The number of aliphatic imine (C=N–C) groups is 1. The standard InChI is InChI=1S/C8H13NO2/c1-4-11-8-6(3)5(2)7(10)9-8/h5-6H,4H2,1-3H3/t5-,6+/m1/s1. The maximum absolute atomic E-state index is 11.0. The Bertz CT molecular complexity index is 198. The van der Waals surface area contributed by atoms with Gasteiger partial charge < -0.3 is 4.74 Å². The number of nitrogens with zero attached hydrogens (tertiary/aromatic N) is 1. The van der Waals surface area contributed by atoms with Gasteiger partial charge in [0.1, 0.15) is 0 Å². The summed E-state index contributed by atoms with van der Waals surface area (Å²) in [5.74, 6) is 0.699. The molecule has 1 aliphatic heterocycles. The first-order valence-electron chi connectivity index (χ1n) is 3.92. The van der Waals surface area contributed by atoms with Gasteiger partial charge in [0.2, 0.25) is 0 Å². The first-order chi connectivity index (χ1) is 5.16. The fraction of sp³-hybridized carbons (Fsp3) is 0.750. The Balaban J connectivity index is 2.67. The minimum atomic E-state index is -0.0547. The van der Waals surface area contributed by atoms with Crippen LogP contribution in [0.15, 0.2) is 4.99 Å². The van der Waals surface area contributed by atoms with Gasteiger partial charge in [-0.2, -0.15) is 4.99 Å². The van der Waals surface area contributed by atoms with E-state index in [0.717, 1.165) is 0 Å². The summed E-state index contributed by atoms with van der Waals surface area (Å²) in [7, 11) is 0. The second-order valence-electron chi connectivity index (χ2n) is 2.80. The highest BCUT2D eigenvalue weighted by Crippen LogP contribution is 2.22. The van der Waals surface area contributed by atoms with Gasteiger partial charge in [-0.15, -0.1) is 0 Å². The van der Waals surface area contributed by atoms with Gasteiger partial charge in [-0.1, -0.05) is 13.8 Å². The van der Waals surface area contributed by atoms with Crippen molar-refractivity contribution in [2.45, 2.75) is 20.8 Å². The summed E-state index contributed by atoms with van der Waals surface area (Å²) in [5.41, 5.74) is 0. The van der Waals surface area contributed by atoms with Gasteiger partial charge in [-0.05, 0) is 6.92 Å². The third kappa shape index (κ3) is 1.42. The Morgan fingerprint density at radius 1 is 1.45 bits per heavy atom. The molecule has 11 heavy (non-hydrogen) atoms. The smallest absolute Gasteiger partial charge is 0.252 e. The lowest BCUT2D eigenvalue weighted by molar-refractivity contribution is -0.120. The summed E-state index contributed by atoms with van der Waals surface area (Å²) < 4.78 is 5.19. The zero-order chi connectivity index (χ0) is 8.43. The molecule has 3 nitrogen and oxygen atoms in total. The number of carbonyl (C=O) groups excluding carboxylic acids is 1. The van der Waals surface area contributed by atoms with Crippen LogP contribution in [-0.2, 0) is 9.53 Å². The van der Waals surface area contributed by atoms with Crippen LogP contribution in [0.5, 0.6) is 0 Å². The van der Waals surface area contributed by atoms with Crippen LogP contribution in [0.25, 0.3) is 0 Å². The molecular formula is C8H13NO2. The highest BCUT2D eigenvalue weighted by Gasteiger charge is 2.32. The number of hydrogen-bond acceptors (Lipinski definition) is 2. The molecule has 0 aromatic carbocycles. The molecule has 0 aromatic rings. The van der Waals surface area contributed by atoms with E-state index in [4.69, 9.17) is 4.74 Å². The molecule has 0 aromatic heterocycles. The van der Waals surface area contributed by atoms with Crippen molar-refractivity contribution in [1.82, 2.24) is 0 Å². The van der Waals surface area contributed by atoms with Crippen molar-refractivity contribution in [3.8, 4) is 0 Å². The van der Waals surface area contributed by atoms with E-state index in [9.17, 15) is 4.79 Å². The third-order valence-electron chi connectivity index (χ3n) is 2.04. The van der Waals surface area contributed by atoms with E-state index < -0.39 is 0 Å². The predicted molar refractivity (Wildman–Crippen MR) is 42.4 cm³/mol. The summed E-state index contributed by atoms with van der Waals surface area (Å²) in [6.07, 6.45) is 0. The summed E-state index contributed by atoms with van der Waals surface area (Å²) in [6, 6.07) is 0. The van der Waals surface area contributed by atoms with Crippen molar-refractivity contribution in [3.63, 3.8) is 0 Å². The molecule has 3 heteroatoms. The molecule has 2 atom stereocenters. The van der Waals surface area contributed by atoms with E-state index in [1.807, 2.05) is 20.8 Å². The third-order valence-corrected chi connectivity index (χ3v) is 2.04. The van der Waals surface area contributed by atoms with Crippen molar-refractivity contribution < 1.29 is 9.53 Å². The molecule has 1 aliphatic rings. The summed E-state index contributed by atoms with van der Waals surface area (Å²) in [4.78, 5) is 14.8. The van der Waals surface area contributed by atoms with Crippen molar-refractivity contribution >= 4 is 11.8 Å². The molecule has 0 saturated carbocycles. The monoisotopic (exact) mass is 155 g/mol. The van der Waals surface area contributed by atoms with Crippen molar-refractivity contribution in [1.29, 1.82) is 0 Å². The van der Waals surface area contributed by atoms with Gasteiger partial charge in [-0.25, -0.2) is 0 Å². The Morgan fingerprint density at radius 2 is 2.09 bits per heavy atom. The van der Waals surface area contributed by atoms with E-state index in [1.165, 1.54) is 0 Å². The van der Waals surface area contributed by atoms with Crippen LogP contribution in [0.3, 0.4) is 0 Å². The minimum Gasteiger partial charge on any atom is -0.481 e. The van der Waals surface area contributed by atoms with Gasteiger partial charge in [-0.3, -0.25) is 4.79 Å². The van der Waals surface area contributed by atoms with Crippen LogP contribution in [0.2, 0.25) is 0 Å². The number of carbonyl (C=O) groups is 1. The number of amides is 1. The van der Waals surface area contributed by atoms with Gasteiger partial charge in [0.25, 0.3) is 5.91 Å². The molecule has 62 valence electrons. The van der Waals surface area contributed by atoms with E-state index in [0.29, 0.717) is 12.5 Å². The molecule has 1 heterocycles. The molecule has 0 saturated heterocycles. The molecule has 0 bridgehead atoms. The molecule has 1 amide bonds. The van der Waals surface area contributed by atoms with Crippen molar-refractivity contribution in [2.75, 3.05) is 6.61 Å². The lowest BCUT2D eigenvalue weighted by atomic mass is 9.99. The highest BCUT2D eigenvalue weighted by atomic mass is 16.5. The van der Waals surface area contributed by atoms with Crippen molar-refractivity contribution in [2.24, 2.45) is 16.8 Å². The largest absolute Gasteiger partial charge is 0.481 e. The SMILES string of the molecule is CCOC1=NC(=O)[C@H](C)[C@@H]1C. The molecule has 0 spiro atoms. The zero-order valence-electron chi connectivity index (χ0n) is 7.13. The van der Waals surface area contributed by atoms with E-state index in [1.54, 1.807) is 0 Å². The number of hydrogen-bond donors (Lipinski definition) is 0. The second-order valence-corrected chi connectivity index (χ2v) is 2.80. The van der Waals surface area contributed by atoms with Crippen LogP contribution in [0.4, 0.5) is 0 Å². The highest BCUT2D eigenvalue weighted by molar-refractivity contribution is 6.01. The topological polar surface area (TPSA) is 38.7 Å². The van der Waals surface area contributed by atoms with Gasteiger partial charge in [0.15, 0.2) is 5.90 Å². The van der Waals surface area contributed by atoms with E-state index >= 15 is 0 Å². The average molecular weight is 155 g/mol. The summed E-state index contributed by atoms with van der Waals surface area (Å²) >= 11 is 0. The van der Waals surface area contributed by atoms with Gasteiger partial charge >= 0.3 is 0 Å². The first-order valence-corrected chi connectivity index (χ1v) is 3.92. The normalized spacial score (nSPS) is 30.5. The minimum absolute atomic E-state index is 0.00319. The van der Waals surface area contributed by atoms with Gasteiger partial charge in [0, 0.05) is 11.8 Å². The van der Waals surface area contributed by atoms with Gasteiger partial charge in [0.05, 0.1) is 6.61 Å². The maximum atomic E-state index is 11.0. The molecule has 0 radical (unpaired) electrons. The molecule has 0 N–H and O–H groups in total. The molecule has 1 rings (SSSR count). The maximum Gasteiger partial charge on any atom is 0.252 e. The van der Waals surface area contributed by atoms with Crippen LogP contribution >= 0.6 is 0 Å². The first kappa shape index (κ1) is 8.24. The fourth-order valence-electron chi connectivity index (χ4n) is 1.05. The van der Waals surface area contributed by atoms with Crippen molar-refractivity contribution in [3.05, 3.63) is 0 Å². The zero-order valence-corrected chi connectivity index (χ0v) is 7.13. The Morgan fingerprint density at radius 3 is 2.45 bits per heavy atom. The van der Waals surface area contributed by atoms with E-state index in [-0.39, 0.29) is 17.7 Å². The van der Waals surface area contributed by atoms with Crippen LogP contribution in [0, 0.1) is 11.8 Å². The summed E-state index contributed by atoms with van der Waals surface area (Å²) in [5, 5.41) is 0. The molecule has 0 unspecified atom stereocenters. The Kier molecular flexibility index (Phi) is 2.27. The lowest BCUT2D eigenvalue weighted by Gasteiger charge is -2.09. The molecule has 0 aliphatic carbocycles. The Labute approximate surface area is 66.5 Å². The quantitative estimate of drug-likeness (QED) is 0.571. The fourth-order valence-corrected chi connectivity index (χ4v) is 1.05. The number of rotatable bonds is 1. The number of ether oxygens (including phenoxy) is 1. The van der Waals surface area contributed by atoms with Crippen LogP contribution in [-0.4, -0.2) is 18.4 Å². The Hall–Kier alpha value is -0.860. The predicted octanol–water partition coefficient (Wildman–Crippen LogP) is 1.23. The second kappa shape index (κ2) is 3.03. The van der Waals surface area contributed by atoms with E-state index in [2.05, 4.69) is 4.99 Å².